The number of fused-ring (bicyclic) bond motifs is 1. The van der Waals surface area contributed by atoms with Crippen molar-refractivity contribution in [1.82, 2.24) is 14.5 Å². The number of nitrogens with zero attached hydrogens (tertiary/aromatic N) is 3. The van der Waals surface area contributed by atoms with Crippen LogP contribution in [0.4, 0.5) is 0 Å². The van der Waals surface area contributed by atoms with Gasteiger partial charge in [0.05, 0.1) is 42.4 Å². The number of carbonyl (C=O) groups is 1. The van der Waals surface area contributed by atoms with E-state index in [1.54, 1.807) is 37.0 Å². The monoisotopic (exact) mass is 555 g/mol. The molecule has 1 amide bonds. The Balaban J connectivity index is 1.90. The van der Waals surface area contributed by atoms with Crippen molar-refractivity contribution in [1.29, 1.82) is 0 Å². The zero-order valence-electron chi connectivity index (χ0n) is 24.9. The Kier molecular flexibility index (Phi) is 10.2. The summed E-state index contributed by atoms with van der Waals surface area (Å²) in [6.45, 7) is 6.84. The molecule has 4 aromatic rings. The molecular weight excluding hydrogens is 514 g/mol. The molecule has 1 aromatic heterocycles. The van der Waals surface area contributed by atoms with Crippen molar-refractivity contribution in [2.75, 3.05) is 20.8 Å². The molecule has 1 heterocycles. The molecule has 7 heteroatoms. The molecule has 0 saturated heterocycles. The number of ether oxygens (including phenoxy) is 2. The Labute approximate surface area is 242 Å². The van der Waals surface area contributed by atoms with Crippen LogP contribution in [-0.4, -0.2) is 41.1 Å². The van der Waals surface area contributed by atoms with Crippen LogP contribution in [0.15, 0.2) is 71.5 Å². The minimum atomic E-state index is -0.445. The minimum Gasteiger partial charge on any atom is -0.497 e. The van der Waals surface area contributed by atoms with Crippen LogP contribution in [-0.2, 0) is 6.42 Å². The Morgan fingerprint density at radius 2 is 1.68 bits per heavy atom. The summed E-state index contributed by atoms with van der Waals surface area (Å²) < 4.78 is 12.7. The third-order valence-electron chi connectivity index (χ3n) is 7.62. The van der Waals surface area contributed by atoms with Crippen molar-refractivity contribution >= 4 is 16.8 Å². The summed E-state index contributed by atoms with van der Waals surface area (Å²) in [4.78, 5) is 35.3. The van der Waals surface area contributed by atoms with Gasteiger partial charge in [-0.25, -0.2) is 4.98 Å². The number of unbranched alkanes of at least 4 members (excludes halogenated alkanes) is 3. The van der Waals surface area contributed by atoms with E-state index in [0.717, 1.165) is 37.8 Å². The van der Waals surface area contributed by atoms with E-state index in [2.05, 4.69) is 13.8 Å². The van der Waals surface area contributed by atoms with Gasteiger partial charge in [-0.05, 0) is 61.2 Å². The third-order valence-corrected chi connectivity index (χ3v) is 7.62. The topological polar surface area (TPSA) is 73.7 Å². The van der Waals surface area contributed by atoms with Gasteiger partial charge in [0.1, 0.15) is 17.3 Å². The van der Waals surface area contributed by atoms with Crippen LogP contribution in [0.2, 0.25) is 0 Å². The van der Waals surface area contributed by atoms with E-state index in [-0.39, 0.29) is 11.5 Å². The van der Waals surface area contributed by atoms with E-state index >= 15 is 0 Å². The average Bonchev–Trinajstić information content (AvgIpc) is 3.02. The van der Waals surface area contributed by atoms with E-state index in [9.17, 15) is 9.59 Å². The minimum absolute atomic E-state index is 0.145. The molecule has 0 radical (unpaired) electrons. The first kappa shape index (κ1) is 29.8. The Hall–Kier alpha value is -4.13. The van der Waals surface area contributed by atoms with Crippen molar-refractivity contribution < 1.29 is 14.3 Å². The van der Waals surface area contributed by atoms with E-state index < -0.39 is 6.04 Å². The number of carbonyl (C=O) groups excluding carboxylic acids is 1. The molecule has 7 nitrogen and oxygen atoms in total. The zero-order valence-corrected chi connectivity index (χ0v) is 24.9. The van der Waals surface area contributed by atoms with Gasteiger partial charge in [-0.3, -0.25) is 14.2 Å². The first-order chi connectivity index (χ1) is 20.0. The van der Waals surface area contributed by atoms with Crippen LogP contribution in [0.1, 0.15) is 80.7 Å². The summed E-state index contributed by atoms with van der Waals surface area (Å²) >= 11 is 0. The fraction of sp³-hybridized carbons (Fsp3) is 0.382. The van der Waals surface area contributed by atoms with Gasteiger partial charge in [-0.2, -0.15) is 0 Å². The molecule has 0 saturated carbocycles. The van der Waals surface area contributed by atoms with E-state index in [1.807, 2.05) is 60.4 Å². The number of para-hydroxylation sites is 1. The summed E-state index contributed by atoms with van der Waals surface area (Å²) in [5, 5.41) is 0.545. The molecule has 0 spiro atoms. The number of aryl methyl sites for hydroxylation is 1. The Morgan fingerprint density at radius 3 is 2.34 bits per heavy atom. The predicted molar refractivity (Wildman–Crippen MR) is 164 cm³/mol. The van der Waals surface area contributed by atoms with Gasteiger partial charge in [0.25, 0.3) is 11.5 Å². The van der Waals surface area contributed by atoms with Crippen LogP contribution >= 0.6 is 0 Å². The SMILES string of the molecule is CCCCCCN(C(=O)c1ccc(OC)cc1OC)C(CC)c1nc2ccccc2c(=O)n1-c1ccc(CC)cc1. The number of methoxy groups -OCH3 is 2. The maximum atomic E-state index is 14.3. The Morgan fingerprint density at radius 1 is 0.927 bits per heavy atom. The fourth-order valence-electron chi connectivity index (χ4n) is 5.28. The highest BCUT2D eigenvalue weighted by Crippen LogP contribution is 2.32. The van der Waals surface area contributed by atoms with Crippen LogP contribution in [0.3, 0.4) is 0 Å². The van der Waals surface area contributed by atoms with Crippen LogP contribution in [0.25, 0.3) is 16.6 Å². The molecule has 1 atom stereocenters. The lowest BCUT2D eigenvalue weighted by Crippen LogP contribution is -2.39. The standard InChI is InChI=1S/C34H41N3O4/c1-6-9-10-13-22-36(33(38)28-21-20-26(40-4)23-31(28)41-5)30(8-3)32-35-29-15-12-11-14-27(29)34(39)37(32)25-18-16-24(7-2)17-19-25/h11-12,14-21,23,30H,6-10,13,22H2,1-5H3. The molecule has 0 aliphatic rings. The lowest BCUT2D eigenvalue weighted by atomic mass is 10.1. The highest BCUT2D eigenvalue weighted by atomic mass is 16.5. The number of hydrogen-bond acceptors (Lipinski definition) is 5. The summed E-state index contributed by atoms with van der Waals surface area (Å²) in [5.41, 5.74) is 2.84. The molecule has 0 bridgehead atoms. The summed E-state index contributed by atoms with van der Waals surface area (Å²) in [6, 6.07) is 20.2. The molecule has 41 heavy (non-hydrogen) atoms. The second kappa shape index (κ2) is 14.0. The summed E-state index contributed by atoms with van der Waals surface area (Å²) in [7, 11) is 3.14. The van der Waals surface area contributed by atoms with Crippen molar-refractivity contribution in [3.63, 3.8) is 0 Å². The molecular formula is C34H41N3O4. The molecule has 4 rings (SSSR count). The van der Waals surface area contributed by atoms with E-state index in [1.165, 1.54) is 5.56 Å². The van der Waals surface area contributed by atoms with Crippen molar-refractivity contribution in [2.24, 2.45) is 0 Å². The van der Waals surface area contributed by atoms with Crippen molar-refractivity contribution in [2.45, 2.75) is 65.3 Å². The van der Waals surface area contributed by atoms with Gasteiger partial charge in [0.2, 0.25) is 0 Å². The van der Waals surface area contributed by atoms with Crippen LogP contribution in [0.5, 0.6) is 11.5 Å². The number of rotatable bonds is 13. The second-order valence-corrected chi connectivity index (χ2v) is 10.2. The Bertz CT molecular complexity index is 1530. The molecule has 216 valence electrons. The third kappa shape index (κ3) is 6.45. The average molecular weight is 556 g/mol. The summed E-state index contributed by atoms with van der Waals surface area (Å²) in [6.07, 6.45) is 5.52. The van der Waals surface area contributed by atoms with Gasteiger partial charge in [0, 0.05) is 12.6 Å². The zero-order chi connectivity index (χ0) is 29.4. The number of aromatic nitrogens is 2. The van der Waals surface area contributed by atoms with Crippen molar-refractivity contribution in [3.05, 3.63) is 94.0 Å². The molecule has 0 fully saturated rings. The largest absolute Gasteiger partial charge is 0.497 e. The fourth-order valence-corrected chi connectivity index (χ4v) is 5.28. The predicted octanol–water partition coefficient (Wildman–Crippen LogP) is 7.14. The van der Waals surface area contributed by atoms with Crippen LogP contribution in [0, 0.1) is 0 Å². The van der Waals surface area contributed by atoms with Gasteiger partial charge in [-0.1, -0.05) is 64.3 Å². The highest BCUT2D eigenvalue weighted by Gasteiger charge is 2.31. The number of benzene rings is 3. The lowest BCUT2D eigenvalue weighted by molar-refractivity contribution is 0.0651. The van der Waals surface area contributed by atoms with Crippen molar-refractivity contribution in [3.8, 4) is 17.2 Å². The molecule has 0 aliphatic carbocycles. The van der Waals surface area contributed by atoms with E-state index in [0.29, 0.717) is 46.8 Å². The normalized spacial score (nSPS) is 11.8. The molecule has 1 unspecified atom stereocenters. The molecule has 3 aromatic carbocycles. The number of amides is 1. The van der Waals surface area contributed by atoms with Gasteiger partial charge in [0.15, 0.2) is 0 Å². The lowest BCUT2D eigenvalue weighted by Gasteiger charge is -2.33. The smallest absolute Gasteiger partial charge is 0.266 e. The van der Waals surface area contributed by atoms with E-state index in [4.69, 9.17) is 14.5 Å². The highest BCUT2D eigenvalue weighted by molar-refractivity contribution is 5.97. The molecule has 0 N–H and O–H groups in total. The van der Waals surface area contributed by atoms with Gasteiger partial charge < -0.3 is 14.4 Å². The quantitative estimate of drug-likeness (QED) is 0.164. The van der Waals surface area contributed by atoms with Gasteiger partial charge >= 0.3 is 0 Å². The second-order valence-electron chi connectivity index (χ2n) is 10.2. The first-order valence-corrected chi connectivity index (χ1v) is 14.6. The maximum absolute atomic E-state index is 14.3. The number of hydrogen-bond donors (Lipinski definition) is 0. The van der Waals surface area contributed by atoms with Gasteiger partial charge in [-0.15, -0.1) is 0 Å². The molecule has 0 aliphatic heterocycles. The maximum Gasteiger partial charge on any atom is 0.266 e. The summed E-state index contributed by atoms with van der Waals surface area (Å²) in [5.74, 6) is 1.45. The van der Waals surface area contributed by atoms with Crippen LogP contribution < -0.4 is 15.0 Å². The first-order valence-electron chi connectivity index (χ1n) is 14.6.